The van der Waals surface area contributed by atoms with Gasteiger partial charge in [-0.1, -0.05) is 42.5 Å². The number of hydrogen-bond acceptors (Lipinski definition) is 7. The van der Waals surface area contributed by atoms with Crippen LogP contribution in [0.25, 0.3) is 0 Å². The number of carboxylic acid groups (broad SMARTS) is 1. The maximum Gasteiger partial charge on any atom is 0.303 e. The number of carbonyl (C=O) groups excluding carboxylic acids is 4. The quantitative estimate of drug-likeness (QED) is 0.0475. The number of amidine groups is 1. The molecule has 0 radical (unpaired) electrons. The zero-order valence-corrected chi connectivity index (χ0v) is 23.4. The molecule has 2 rings (SSSR count). The van der Waals surface area contributed by atoms with E-state index in [1.807, 2.05) is 0 Å². The molecule has 15 heteroatoms. The van der Waals surface area contributed by atoms with E-state index in [0.29, 0.717) is 23.2 Å². The maximum absolute atomic E-state index is 13.5. The van der Waals surface area contributed by atoms with Gasteiger partial charge in [-0.25, -0.2) is 0 Å². The number of nitrogens with two attached hydrogens (primary N) is 4. The number of carboxylic acids is 1. The number of carbonyl (C=O) groups is 5. The molecule has 4 amide bonds. The van der Waals surface area contributed by atoms with Crippen molar-refractivity contribution >= 4 is 47.1 Å². The van der Waals surface area contributed by atoms with Crippen LogP contribution in [-0.2, 0) is 30.4 Å². The van der Waals surface area contributed by atoms with Crippen LogP contribution in [-0.4, -0.2) is 65.1 Å². The predicted octanol–water partition coefficient (Wildman–Crippen LogP) is -0.859. The summed E-state index contributed by atoms with van der Waals surface area (Å²) in [5, 5.41) is 24.4. The third-order valence-electron chi connectivity index (χ3n) is 6.26. The monoisotopic (exact) mass is 595 g/mol. The van der Waals surface area contributed by atoms with Gasteiger partial charge in [0.2, 0.25) is 23.6 Å². The maximum atomic E-state index is 13.5. The van der Waals surface area contributed by atoms with Crippen LogP contribution in [0.4, 0.5) is 5.69 Å². The Bertz CT molecular complexity index is 1330. The molecule has 0 saturated carbocycles. The minimum Gasteiger partial charge on any atom is -0.481 e. The number of para-hydroxylation sites is 1. The smallest absolute Gasteiger partial charge is 0.303 e. The number of benzene rings is 2. The fourth-order valence-corrected chi connectivity index (χ4v) is 3.98. The second kappa shape index (κ2) is 16.7. The number of primary amides is 1. The standard InChI is InChI=1S/C28H37N9O6/c29-23(30)17-10-8-16(9-11-17)15-19(25(41)35-18-5-2-1-3-6-18)26(42)37-21(12-13-22(38)39)27(43)36-20(24(31)40)7-4-14-34-28(32)33/h1-3,5-6,8-11,19-21H,4,7,12-15H2,(H3,29,30)(H2,31,40)(H,35,41)(H,36,43)(H,37,42)(H,38,39)(H4,32,33,34)/t19-,20?,21?/m1/s1. The minimum absolute atomic E-state index is 0.0792. The molecule has 2 unspecified atom stereocenters. The lowest BCUT2D eigenvalue weighted by molar-refractivity contribution is -0.139. The van der Waals surface area contributed by atoms with Crippen LogP contribution in [0.1, 0.15) is 36.8 Å². The van der Waals surface area contributed by atoms with Crippen molar-refractivity contribution in [3.8, 4) is 0 Å². The van der Waals surface area contributed by atoms with Gasteiger partial charge in [-0.05, 0) is 43.4 Å². The van der Waals surface area contributed by atoms with Gasteiger partial charge in [-0.2, -0.15) is 0 Å². The lowest BCUT2D eigenvalue weighted by Gasteiger charge is -2.24. The summed E-state index contributed by atoms with van der Waals surface area (Å²) in [7, 11) is 0. The van der Waals surface area contributed by atoms with E-state index in [2.05, 4.69) is 20.9 Å². The number of nitrogen functional groups attached to an aromatic ring is 1. The number of nitrogens with one attached hydrogen (secondary N) is 4. The van der Waals surface area contributed by atoms with Crippen molar-refractivity contribution in [2.45, 2.75) is 44.2 Å². The fourth-order valence-electron chi connectivity index (χ4n) is 3.98. The average molecular weight is 596 g/mol. The van der Waals surface area contributed by atoms with Gasteiger partial charge >= 0.3 is 5.97 Å². The van der Waals surface area contributed by atoms with E-state index in [0.717, 1.165) is 0 Å². The number of nitrogens with zero attached hydrogens (tertiary/aromatic N) is 1. The number of aliphatic carboxylic acids is 1. The summed E-state index contributed by atoms with van der Waals surface area (Å²) in [6.45, 7) is 0.173. The van der Waals surface area contributed by atoms with Gasteiger partial charge in [-0.3, -0.25) is 34.4 Å². The first-order chi connectivity index (χ1) is 20.4. The first kappa shape index (κ1) is 33.7. The summed E-state index contributed by atoms with van der Waals surface area (Å²) in [6, 6.07) is 12.2. The zero-order chi connectivity index (χ0) is 31.9. The molecule has 2 aromatic rings. The molecule has 0 aliphatic carbocycles. The Hall–Kier alpha value is -5.47. The summed E-state index contributed by atoms with van der Waals surface area (Å²) < 4.78 is 0. The van der Waals surface area contributed by atoms with E-state index in [-0.39, 0.29) is 37.6 Å². The lowest BCUT2D eigenvalue weighted by Crippen LogP contribution is -2.54. The predicted molar refractivity (Wildman–Crippen MR) is 160 cm³/mol. The van der Waals surface area contributed by atoms with E-state index in [4.69, 9.17) is 28.3 Å². The van der Waals surface area contributed by atoms with Crippen molar-refractivity contribution < 1.29 is 29.1 Å². The molecule has 0 aliphatic heterocycles. The van der Waals surface area contributed by atoms with Gasteiger partial charge in [0.25, 0.3) is 0 Å². The first-order valence-electron chi connectivity index (χ1n) is 13.3. The molecule has 43 heavy (non-hydrogen) atoms. The second-order valence-electron chi connectivity index (χ2n) is 9.63. The molecule has 0 aliphatic rings. The van der Waals surface area contributed by atoms with Crippen molar-refractivity contribution in [2.24, 2.45) is 33.8 Å². The number of amides is 4. The normalized spacial score (nSPS) is 12.6. The van der Waals surface area contributed by atoms with Crippen LogP contribution >= 0.6 is 0 Å². The van der Waals surface area contributed by atoms with Gasteiger partial charge in [0, 0.05) is 24.2 Å². The van der Waals surface area contributed by atoms with Crippen LogP contribution in [0.3, 0.4) is 0 Å². The van der Waals surface area contributed by atoms with Crippen molar-refractivity contribution in [3.05, 3.63) is 65.7 Å². The van der Waals surface area contributed by atoms with E-state index in [9.17, 15) is 29.1 Å². The molecule has 3 atom stereocenters. The molecule has 2 aromatic carbocycles. The fraction of sp³-hybridized carbons (Fsp3) is 0.321. The number of aliphatic imine (C=N–C) groups is 1. The summed E-state index contributed by atoms with van der Waals surface area (Å²) in [6.07, 6.45) is -0.535. The van der Waals surface area contributed by atoms with Crippen molar-refractivity contribution in [1.82, 2.24) is 10.6 Å². The Morgan fingerprint density at radius 2 is 1.44 bits per heavy atom. The Morgan fingerprint density at radius 3 is 2.00 bits per heavy atom. The Morgan fingerprint density at radius 1 is 0.814 bits per heavy atom. The minimum atomic E-state index is -1.41. The lowest BCUT2D eigenvalue weighted by atomic mass is 9.95. The largest absolute Gasteiger partial charge is 0.481 e. The number of guanidine groups is 1. The molecule has 0 spiro atoms. The molecular formula is C28H37N9O6. The van der Waals surface area contributed by atoms with Crippen molar-refractivity contribution in [2.75, 3.05) is 11.9 Å². The highest BCUT2D eigenvalue weighted by atomic mass is 16.4. The van der Waals surface area contributed by atoms with Gasteiger partial charge in [0.1, 0.15) is 23.8 Å². The molecule has 230 valence electrons. The van der Waals surface area contributed by atoms with Gasteiger partial charge in [-0.15, -0.1) is 0 Å². The molecule has 0 heterocycles. The summed E-state index contributed by atoms with van der Waals surface area (Å²) >= 11 is 0. The van der Waals surface area contributed by atoms with Crippen LogP contribution in [0.15, 0.2) is 59.6 Å². The first-order valence-corrected chi connectivity index (χ1v) is 13.3. The molecule has 0 fully saturated rings. The summed E-state index contributed by atoms with van der Waals surface area (Å²) in [5.74, 6) is -6.10. The third kappa shape index (κ3) is 11.9. The van der Waals surface area contributed by atoms with Gasteiger partial charge in [0.15, 0.2) is 5.96 Å². The summed E-state index contributed by atoms with van der Waals surface area (Å²) in [5.41, 5.74) is 23.0. The topological polar surface area (TPSA) is 282 Å². The van der Waals surface area contributed by atoms with Crippen molar-refractivity contribution in [3.63, 3.8) is 0 Å². The van der Waals surface area contributed by atoms with Crippen LogP contribution < -0.4 is 38.9 Å². The molecule has 0 aromatic heterocycles. The Balaban J connectivity index is 2.28. The van der Waals surface area contributed by atoms with E-state index in [1.165, 1.54) is 0 Å². The highest BCUT2D eigenvalue weighted by molar-refractivity contribution is 6.07. The second-order valence-corrected chi connectivity index (χ2v) is 9.63. The highest BCUT2D eigenvalue weighted by Crippen LogP contribution is 2.16. The Labute approximate surface area is 248 Å². The van der Waals surface area contributed by atoms with Gasteiger partial charge < -0.3 is 44.0 Å². The van der Waals surface area contributed by atoms with Crippen molar-refractivity contribution in [1.29, 1.82) is 5.41 Å². The highest BCUT2D eigenvalue weighted by Gasteiger charge is 2.32. The average Bonchev–Trinajstić information content (AvgIpc) is 2.95. The zero-order valence-electron chi connectivity index (χ0n) is 23.4. The number of hydrogen-bond donors (Lipinski definition) is 9. The van der Waals surface area contributed by atoms with Crippen LogP contribution in [0.2, 0.25) is 0 Å². The van der Waals surface area contributed by atoms with E-state index >= 15 is 0 Å². The third-order valence-corrected chi connectivity index (χ3v) is 6.26. The SMILES string of the molecule is N=C(N)c1ccc(C[C@H](C(=O)Nc2ccccc2)C(=O)NC(CCC(=O)O)C(=O)NC(CCCN=C(N)N)C(N)=O)cc1. The van der Waals surface area contributed by atoms with E-state index in [1.54, 1.807) is 54.6 Å². The van der Waals surface area contributed by atoms with Gasteiger partial charge in [0.05, 0.1) is 0 Å². The molecular weight excluding hydrogens is 558 g/mol. The van der Waals surface area contributed by atoms with E-state index < -0.39 is 54.0 Å². The Kier molecular flexibility index (Phi) is 13.1. The van der Waals surface area contributed by atoms with Crippen LogP contribution in [0.5, 0.6) is 0 Å². The molecule has 0 bridgehead atoms. The number of anilines is 1. The van der Waals surface area contributed by atoms with Crippen LogP contribution in [0, 0.1) is 11.3 Å². The molecule has 13 N–H and O–H groups in total. The molecule has 0 saturated heterocycles. The molecule has 15 nitrogen and oxygen atoms in total. The summed E-state index contributed by atoms with van der Waals surface area (Å²) in [4.78, 5) is 67.1. The number of rotatable bonds is 17.